The Kier molecular flexibility index (Phi) is 3.13. The third kappa shape index (κ3) is 2.12. The normalized spacial score (nSPS) is 45.6. The molecule has 0 saturated carbocycles. The molecule has 2 aliphatic rings. The Labute approximate surface area is 88.1 Å². The van der Waals surface area contributed by atoms with Crippen molar-refractivity contribution in [3.05, 3.63) is 0 Å². The summed E-state index contributed by atoms with van der Waals surface area (Å²) in [5, 5.41) is 3.56. The van der Waals surface area contributed by atoms with Gasteiger partial charge in [-0.2, -0.15) is 0 Å². The molecule has 2 saturated heterocycles. The van der Waals surface area contributed by atoms with Crippen LogP contribution in [0.1, 0.15) is 33.6 Å². The van der Waals surface area contributed by atoms with Gasteiger partial charge < -0.3 is 5.32 Å². The molecule has 2 nitrogen and oxygen atoms in total. The average molecular weight is 196 g/mol. The quantitative estimate of drug-likeness (QED) is 0.687. The minimum Gasteiger partial charge on any atom is -0.315 e. The van der Waals surface area contributed by atoms with Gasteiger partial charge in [-0.15, -0.1) is 0 Å². The third-order valence-corrected chi connectivity index (χ3v) is 3.85. The van der Waals surface area contributed by atoms with Crippen molar-refractivity contribution in [1.82, 2.24) is 10.2 Å². The topological polar surface area (TPSA) is 15.3 Å². The molecule has 2 rings (SSSR count). The number of nitrogens with one attached hydrogen (secondary N) is 1. The summed E-state index contributed by atoms with van der Waals surface area (Å²) in [7, 11) is 0. The van der Waals surface area contributed by atoms with Crippen LogP contribution in [-0.2, 0) is 0 Å². The summed E-state index contributed by atoms with van der Waals surface area (Å²) < 4.78 is 0. The number of hydrogen-bond donors (Lipinski definition) is 1. The second-order valence-electron chi connectivity index (χ2n) is 5.54. The molecule has 0 amide bonds. The lowest BCUT2D eigenvalue weighted by Gasteiger charge is -2.37. The summed E-state index contributed by atoms with van der Waals surface area (Å²) in [6.07, 6.45) is 2.79. The van der Waals surface area contributed by atoms with Gasteiger partial charge in [-0.25, -0.2) is 0 Å². The molecule has 2 heteroatoms. The highest BCUT2D eigenvalue weighted by molar-refractivity contribution is 4.89. The molecule has 1 N–H and O–H groups in total. The van der Waals surface area contributed by atoms with Crippen molar-refractivity contribution >= 4 is 0 Å². The van der Waals surface area contributed by atoms with Gasteiger partial charge in [0.1, 0.15) is 0 Å². The van der Waals surface area contributed by atoms with Crippen LogP contribution in [0.3, 0.4) is 0 Å². The molecule has 14 heavy (non-hydrogen) atoms. The molecule has 0 aromatic carbocycles. The van der Waals surface area contributed by atoms with Crippen LogP contribution in [0.15, 0.2) is 0 Å². The van der Waals surface area contributed by atoms with E-state index < -0.39 is 0 Å². The minimum atomic E-state index is 0.804. The summed E-state index contributed by atoms with van der Waals surface area (Å²) in [5.41, 5.74) is 0. The molecule has 0 aromatic heterocycles. The number of nitrogens with zero attached hydrogens (tertiary/aromatic N) is 1. The molecule has 0 radical (unpaired) electrons. The van der Waals surface area contributed by atoms with Crippen molar-refractivity contribution in [3.8, 4) is 0 Å². The Hall–Kier alpha value is -0.0800. The molecule has 0 aromatic rings. The molecule has 2 fully saturated rings. The van der Waals surface area contributed by atoms with Gasteiger partial charge in [0.05, 0.1) is 0 Å². The average Bonchev–Trinajstić information content (AvgIpc) is 2.45. The maximum Gasteiger partial charge on any atom is 0.0226 e. The molecule has 0 bridgehead atoms. The first-order chi connectivity index (χ1) is 6.66. The van der Waals surface area contributed by atoms with Gasteiger partial charge in [-0.1, -0.05) is 13.8 Å². The Bertz CT molecular complexity index is 193. The van der Waals surface area contributed by atoms with Crippen LogP contribution in [0.4, 0.5) is 0 Å². The van der Waals surface area contributed by atoms with Gasteiger partial charge in [0, 0.05) is 25.2 Å². The summed E-state index contributed by atoms with van der Waals surface area (Å²) in [4.78, 5) is 2.73. The summed E-state index contributed by atoms with van der Waals surface area (Å²) in [6, 6.07) is 1.61. The van der Waals surface area contributed by atoms with Crippen molar-refractivity contribution in [2.75, 3.05) is 19.6 Å². The minimum absolute atomic E-state index is 0.804. The van der Waals surface area contributed by atoms with Crippen LogP contribution in [0, 0.1) is 11.8 Å². The second-order valence-corrected chi connectivity index (χ2v) is 5.54. The van der Waals surface area contributed by atoms with E-state index in [1.165, 1.54) is 32.5 Å². The van der Waals surface area contributed by atoms with Crippen LogP contribution in [-0.4, -0.2) is 36.6 Å². The standard InChI is InChI=1S/C12H24N2/c1-9-5-12(7-13-6-9)14-8-10(2)4-11(14)3/h9-13H,4-8H2,1-3H3. The highest BCUT2D eigenvalue weighted by atomic mass is 15.2. The van der Waals surface area contributed by atoms with E-state index >= 15 is 0 Å². The summed E-state index contributed by atoms with van der Waals surface area (Å²) >= 11 is 0. The van der Waals surface area contributed by atoms with E-state index in [9.17, 15) is 0 Å². The van der Waals surface area contributed by atoms with E-state index in [4.69, 9.17) is 0 Å². The number of likely N-dealkylation sites (tertiary alicyclic amines) is 1. The molecular formula is C12H24N2. The van der Waals surface area contributed by atoms with Crippen molar-refractivity contribution in [3.63, 3.8) is 0 Å². The number of piperidine rings is 1. The van der Waals surface area contributed by atoms with Gasteiger partial charge in [0.15, 0.2) is 0 Å². The third-order valence-electron chi connectivity index (χ3n) is 3.85. The Balaban J connectivity index is 1.93. The van der Waals surface area contributed by atoms with E-state index in [2.05, 4.69) is 31.0 Å². The molecule has 0 spiro atoms. The second kappa shape index (κ2) is 4.19. The number of rotatable bonds is 1. The lowest BCUT2D eigenvalue weighted by molar-refractivity contribution is 0.138. The van der Waals surface area contributed by atoms with Crippen LogP contribution in [0.25, 0.3) is 0 Å². The number of hydrogen-bond acceptors (Lipinski definition) is 2. The smallest absolute Gasteiger partial charge is 0.0226 e. The van der Waals surface area contributed by atoms with Crippen LogP contribution in [0.2, 0.25) is 0 Å². The van der Waals surface area contributed by atoms with Gasteiger partial charge in [0.2, 0.25) is 0 Å². The molecule has 2 aliphatic heterocycles. The maximum absolute atomic E-state index is 3.56. The Morgan fingerprint density at radius 2 is 1.79 bits per heavy atom. The van der Waals surface area contributed by atoms with Gasteiger partial charge in [-0.05, 0) is 38.1 Å². The van der Waals surface area contributed by atoms with Crippen LogP contribution in [0.5, 0.6) is 0 Å². The van der Waals surface area contributed by atoms with Crippen LogP contribution >= 0.6 is 0 Å². The molecule has 4 atom stereocenters. The summed E-state index contributed by atoms with van der Waals surface area (Å²) in [5.74, 6) is 1.76. The van der Waals surface area contributed by atoms with Crippen molar-refractivity contribution in [2.24, 2.45) is 11.8 Å². The lowest BCUT2D eigenvalue weighted by Crippen LogP contribution is -2.49. The highest BCUT2D eigenvalue weighted by Crippen LogP contribution is 2.27. The fraction of sp³-hybridized carbons (Fsp3) is 1.00. The predicted molar refractivity (Wildman–Crippen MR) is 60.4 cm³/mol. The van der Waals surface area contributed by atoms with E-state index in [1.54, 1.807) is 0 Å². The fourth-order valence-electron chi connectivity index (χ4n) is 3.22. The first kappa shape index (κ1) is 10.4. The Morgan fingerprint density at radius 1 is 1.00 bits per heavy atom. The Morgan fingerprint density at radius 3 is 2.36 bits per heavy atom. The van der Waals surface area contributed by atoms with Crippen molar-refractivity contribution in [2.45, 2.75) is 45.7 Å². The van der Waals surface area contributed by atoms with Crippen molar-refractivity contribution in [1.29, 1.82) is 0 Å². The van der Waals surface area contributed by atoms with E-state index in [0.717, 1.165) is 23.9 Å². The van der Waals surface area contributed by atoms with Gasteiger partial charge >= 0.3 is 0 Å². The van der Waals surface area contributed by atoms with Gasteiger partial charge in [0.25, 0.3) is 0 Å². The molecule has 82 valence electrons. The molecular weight excluding hydrogens is 172 g/mol. The zero-order valence-corrected chi connectivity index (χ0v) is 9.79. The highest BCUT2D eigenvalue weighted by Gasteiger charge is 2.33. The zero-order chi connectivity index (χ0) is 10.1. The maximum atomic E-state index is 3.56. The monoisotopic (exact) mass is 196 g/mol. The van der Waals surface area contributed by atoms with Gasteiger partial charge in [-0.3, -0.25) is 4.90 Å². The zero-order valence-electron chi connectivity index (χ0n) is 9.79. The first-order valence-electron chi connectivity index (χ1n) is 6.13. The molecule has 4 unspecified atom stereocenters. The van der Waals surface area contributed by atoms with Crippen LogP contribution < -0.4 is 5.32 Å². The molecule has 0 aliphatic carbocycles. The molecule has 2 heterocycles. The SMILES string of the molecule is CC1CNCC(N2CC(C)CC2C)C1. The largest absolute Gasteiger partial charge is 0.315 e. The van der Waals surface area contributed by atoms with E-state index in [0.29, 0.717) is 0 Å². The van der Waals surface area contributed by atoms with E-state index in [1.807, 2.05) is 0 Å². The van der Waals surface area contributed by atoms with E-state index in [-0.39, 0.29) is 0 Å². The predicted octanol–water partition coefficient (Wildman–Crippen LogP) is 1.71. The lowest BCUT2D eigenvalue weighted by atomic mass is 9.96. The summed E-state index contributed by atoms with van der Waals surface area (Å²) in [6.45, 7) is 10.9. The first-order valence-corrected chi connectivity index (χ1v) is 6.13. The van der Waals surface area contributed by atoms with Crippen molar-refractivity contribution < 1.29 is 0 Å². The fourth-order valence-corrected chi connectivity index (χ4v) is 3.22.